The Balaban J connectivity index is 1.66. The maximum atomic E-state index is 12.9. The Labute approximate surface area is 235 Å². The zero-order chi connectivity index (χ0) is 29.3. The molecule has 11 heteroatoms. The van der Waals surface area contributed by atoms with Gasteiger partial charge in [-0.3, -0.25) is 13.9 Å². The number of para-hydroxylation sites is 1. The second kappa shape index (κ2) is 13.7. The van der Waals surface area contributed by atoms with Gasteiger partial charge in [0.15, 0.2) is 11.5 Å². The molecular formula is C29H35N3O7S. The summed E-state index contributed by atoms with van der Waals surface area (Å²) in [6.45, 7) is 3.64. The molecule has 0 saturated heterocycles. The van der Waals surface area contributed by atoms with Gasteiger partial charge in [-0.15, -0.1) is 0 Å². The predicted octanol–water partition coefficient (Wildman–Crippen LogP) is 3.87. The molecule has 0 aliphatic heterocycles. The Kier molecular flexibility index (Phi) is 10.4. The zero-order valence-corrected chi connectivity index (χ0v) is 24.1. The second-order valence-corrected chi connectivity index (χ2v) is 11.1. The number of rotatable bonds is 13. The summed E-state index contributed by atoms with van der Waals surface area (Å²) in [5, 5.41) is 5.53. The largest absolute Gasteiger partial charge is 0.493 e. The number of methoxy groups -OCH3 is 2. The molecule has 0 fully saturated rings. The lowest BCUT2D eigenvalue weighted by Gasteiger charge is -2.22. The van der Waals surface area contributed by atoms with E-state index in [9.17, 15) is 18.0 Å². The molecule has 0 saturated carbocycles. The van der Waals surface area contributed by atoms with E-state index in [1.807, 2.05) is 26.0 Å². The van der Waals surface area contributed by atoms with Crippen LogP contribution in [0.5, 0.6) is 17.2 Å². The average molecular weight is 570 g/mol. The number of sulfonamides is 1. The molecule has 3 aromatic rings. The smallest absolute Gasteiger partial charge is 0.253 e. The van der Waals surface area contributed by atoms with E-state index in [0.717, 1.165) is 16.1 Å². The van der Waals surface area contributed by atoms with Crippen LogP contribution in [0.25, 0.3) is 0 Å². The Morgan fingerprint density at radius 3 is 2.23 bits per heavy atom. The number of nitrogens with one attached hydrogen (secondary N) is 2. The summed E-state index contributed by atoms with van der Waals surface area (Å²) in [7, 11) is -0.660. The SMILES string of the molecule is COc1ccc(CCNC(=O)c2ccccc2NC(=O)CN(c2ccc(OC(C)C)cc2)S(C)(=O)=O)cc1OC. The van der Waals surface area contributed by atoms with Gasteiger partial charge in [-0.25, -0.2) is 8.42 Å². The first-order chi connectivity index (χ1) is 19.0. The Bertz CT molecular complexity index is 1420. The molecule has 0 bridgehead atoms. The number of nitrogens with zero attached hydrogens (tertiary/aromatic N) is 1. The summed E-state index contributed by atoms with van der Waals surface area (Å²) in [5.74, 6) is 0.826. The highest BCUT2D eigenvalue weighted by Crippen LogP contribution is 2.27. The molecule has 0 spiro atoms. The zero-order valence-electron chi connectivity index (χ0n) is 23.3. The van der Waals surface area contributed by atoms with E-state index in [1.54, 1.807) is 68.8 Å². The van der Waals surface area contributed by atoms with Crippen LogP contribution in [0.4, 0.5) is 11.4 Å². The lowest BCUT2D eigenvalue weighted by molar-refractivity contribution is -0.114. The topological polar surface area (TPSA) is 123 Å². The van der Waals surface area contributed by atoms with Crippen molar-refractivity contribution in [3.05, 3.63) is 77.9 Å². The number of ether oxygens (including phenoxy) is 3. The standard InChI is InChI=1S/C29H35N3O7S/c1-20(2)39-23-13-11-22(12-14-23)32(40(5,35)36)19-28(33)31-25-9-7-6-8-24(25)29(34)30-17-16-21-10-15-26(37-3)27(18-21)38-4/h6-15,18,20H,16-17,19H2,1-5H3,(H,30,34)(H,31,33). The van der Waals surface area contributed by atoms with Gasteiger partial charge in [-0.05, 0) is 74.4 Å². The minimum absolute atomic E-state index is 0.0362. The molecule has 0 heterocycles. The fourth-order valence-corrected chi connectivity index (χ4v) is 4.78. The molecule has 40 heavy (non-hydrogen) atoms. The molecular weight excluding hydrogens is 534 g/mol. The molecule has 0 aliphatic carbocycles. The third-order valence-electron chi connectivity index (χ3n) is 5.78. The maximum Gasteiger partial charge on any atom is 0.253 e. The number of hydrogen-bond acceptors (Lipinski definition) is 7. The summed E-state index contributed by atoms with van der Waals surface area (Å²) in [6.07, 6.45) is 1.54. The van der Waals surface area contributed by atoms with E-state index >= 15 is 0 Å². The average Bonchev–Trinajstić information content (AvgIpc) is 2.91. The highest BCUT2D eigenvalue weighted by Gasteiger charge is 2.22. The van der Waals surface area contributed by atoms with Gasteiger partial charge in [0.1, 0.15) is 12.3 Å². The van der Waals surface area contributed by atoms with Crippen LogP contribution >= 0.6 is 0 Å². The van der Waals surface area contributed by atoms with E-state index in [4.69, 9.17) is 14.2 Å². The molecule has 214 valence electrons. The van der Waals surface area contributed by atoms with Crippen LogP contribution in [0.3, 0.4) is 0 Å². The van der Waals surface area contributed by atoms with Crippen molar-refractivity contribution in [2.45, 2.75) is 26.4 Å². The molecule has 3 aromatic carbocycles. The van der Waals surface area contributed by atoms with Crippen LogP contribution < -0.4 is 29.1 Å². The van der Waals surface area contributed by atoms with Gasteiger partial charge in [0.05, 0.1) is 43.5 Å². The van der Waals surface area contributed by atoms with Gasteiger partial charge in [-0.2, -0.15) is 0 Å². The fourth-order valence-electron chi connectivity index (χ4n) is 3.93. The molecule has 0 radical (unpaired) electrons. The maximum absolute atomic E-state index is 12.9. The van der Waals surface area contributed by atoms with Crippen molar-refractivity contribution in [3.63, 3.8) is 0 Å². The van der Waals surface area contributed by atoms with Crippen LogP contribution in [-0.4, -0.2) is 59.9 Å². The molecule has 0 unspecified atom stereocenters. The van der Waals surface area contributed by atoms with Crippen molar-refractivity contribution in [1.29, 1.82) is 0 Å². The number of anilines is 2. The first kappa shape index (κ1) is 30.3. The van der Waals surface area contributed by atoms with Gasteiger partial charge >= 0.3 is 0 Å². The van der Waals surface area contributed by atoms with Gasteiger partial charge < -0.3 is 24.8 Å². The summed E-state index contributed by atoms with van der Waals surface area (Å²) in [4.78, 5) is 25.9. The normalized spacial score (nSPS) is 11.1. The Morgan fingerprint density at radius 1 is 0.925 bits per heavy atom. The molecule has 3 rings (SSSR count). The van der Waals surface area contributed by atoms with Crippen LogP contribution in [0.1, 0.15) is 29.8 Å². The predicted molar refractivity (Wildman–Crippen MR) is 155 cm³/mol. The third-order valence-corrected chi connectivity index (χ3v) is 6.92. The van der Waals surface area contributed by atoms with Crippen LogP contribution in [0.2, 0.25) is 0 Å². The highest BCUT2D eigenvalue weighted by molar-refractivity contribution is 7.92. The first-order valence-corrected chi connectivity index (χ1v) is 14.5. The van der Waals surface area contributed by atoms with Gasteiger partial charge in [0.25, 0.3) is 5.91 Å². The van der Waals surface area contributed by atoms with Gasteiger partial charge in [-0.1, -0.05) is 18.2 Å². The van der Waals surface area contributed by atoms with Crippen molar-refractivity contribution in [1.82, 2.24) is 5.32 Å². The number of amides is 2. The highest BCUT2D eigenvalue weighted by atomic mass is 32.2. The van der Waals surface area contributed by atoms with Crippen molar-refractivity contribution < 1.29 is 32.2 Å². The van der Waals surface area contributed by atoms with Crippen LogP contribution in [0, 0.1) is 0 Å². The van der Waals surface area contributed by atoms with E-state index in [-0.39, 0.29) is 23.3 Å². The molecule has 0 aromatic heterocycles. The summed E-state index contributed by atoms with van der Waals surface area (Å²) in [5.41, 5.74) is 1.79. The van der Waals surface area contributed by atoms with Gasteiger partial charge in [0, 0.05) is 6.54 Å². The summed E-state index contributed by atoms with van der Waals surface area (Å²) >= 11 is 0. The van der Waals surface area contributed by atoms with E-state index in [2.05, 4.69) is 10.6 Å². The first-order valence-electron chi connectivity index (χ1n) is 12.6. The van der Waals surface area contributed by atoms with Crippen LogP contribution in [-0.2, 0) is 21.2 Å². The Morgan fingerprint density at radius 2 is 1.60 bits per heavy atom. The monoisotopic (exact) mass is 569 g/mol. The van der Waals surface area contributed by atoms with Crippen molar-refractivity contribution in [2.75, 3.05) is 43.2 Å². The van der Waals surface area contributed by atoms with Crippen molar-refractivity contribution >= 4 is 33.2 Å². The summed E-state index contributed by atoms with van der Waals surface area (Å²) < 4.78 is 42.2. The fraction of sp³-hybridized carbons (Fsp3) is 0.310. The minimum Gasteiger partial charge on any atom is -0.493 e. The van der Waals surface area contributed by atoms with E-state index < -0.39 is 22.5 Å². The van der Waals surface area contributed by atoms with E-state index in [1.165, 1.54) is 0 Å². The third kappa shape index (κ3) is 8.37. The number of carbonyl (C=O) groups is 2. The number of carbonyl (C=O) groups excluding carboxylic acids is 2. The molecule has 0 aliphatic rings. The molecule has 0 atom stereocenters. The number of benzene rings is 3. The lowest BCUT2D eigenvalue weighted by atomic mass is 10.1. The quantitative estimate of drug-likeness (QED) is 0.320. The van der Waals surface area contributed by atoms with Crippen molar-refractivity contribution in [2.24, 2.45) is 0 Å². The van der Waals surface area contributed by atoms with Gasteiger partial charge in [0.2, 0.25) is 15.9 Å². The molecule has 10 nitrogen and oxygen atoms in total. The van der Waals surface area contributed by atoms with E-state index in [0.29, 0.717) is 35.9 Å². The minimum atomic E-state index is -3.78. The Hall–Kier alpha value is -4.25. The van der Waals surface area contributed by atoms with Crippen molar-refractivity contribution in [3.8, 4) is 17.2 Å². The van der Waals surface area contributed by atoms with Crippen LogP contribution in [0.15, 0.2) is 66.7 Å². The number of hydrogen-bond donors (Lipinski definition) is 2. The molecule has 2 amide bonds. The lowest BCUT2D eigenvalue weighted by Crippen LogP contribution is -2.37. The molecule has 2 N–H and O–H groups in total. The second-order valence-electron chi connectivity index (χ2n) is 9.22. The summed E-state index contributed by atoms with van der Waals surface area (Å²) in [6, 6.07) is 18.5.